The second kappa shape index (κ2) is 9.27. The van der Waals surface area contributed by atoms with E-state index in [1.165, 1.54) is 6.07 Å². The van der Waals surface area contributed by atoms with Gasteiger partial charge >= 0.3 is 0 Å². The van der Waals surface area contributed by atoms with Gasteiger partial charge in [-0.2, -0.15) is 0 Å². The zero-order chi connectivity index (χ0) is 23.7. The number of nitrogens with one attached hydrogen (secondary N) is 1. The Morgan fingerprint density at radius 2 is 1.88 bits per heavy atom. The number of nitrogens with zero attached hydrogens (tertiary/aromatic N) is 3. The smallest absolute Gasteiger partial charge is 0.256 e. The number of para-hydroxylation sites is 1. The normalized spacial score (nSPS) is 13.9. The molecule has 0 atom stereocenters. The van der Waals surface area contributed by atoms with Crippen molar-refractivity contribution >= 4 is 16.8 Å². The average molecular weight is 459 g/mol. The van der Waals surface area contributed by atoms with Crippen molar-refractivity contribution in [1.82, 2.24) is 19.8 Å². The highest BCUT2D eigenvalue weighted by Crippen LogP contribution is 2.34. The fraction of sp³-hybridized carbons (Fsp3) is 0.259. The Kier molecular flexibility index (Phi) is 6.02. The van der Waals surface area contributed by atoms with E-state index in [2.05, 4.69) is 14.9 Å². The predicted molar refractivity (Wildman–Crippen MR) is 130 cm³/mol. The molecule has 0 bridgehead atoms. The third-order valence-corrected chi connectivity index (χ3v) is 6.51. The minimum absolute atomic E-state index is 0.0304. The molecular formula is C27H27FN4O2. The van der Waals surface area contributed by atoms with E-state index >= 15 is 0 Å². The maximum Gasteiger partial charge on any atom is 0.256 e. The highest BCUT2D eigenvalue weighted by atomic mass is 19.1. The van der Waals surface area contributed by atoms with Crippen molar-refractivity contribution in [1.29, 1.82) is 0 Å². The van der Waals surface area contributed by atoms with E-state index in [9.17, 15) is 9.18 Å². The minimum Gasteiger partial charge on any atom is -0.481 e. The van der Waals surface area contributed by atoms with Crippen LogP contribution in [0.15, 0.2) is 60.8 Å². The topological polar surface area (TPSA) is 59.4 Å². The number of amides is 1. The Labute approximate surface area is 198 Å². The molecule has 0 aliphatic carbocycles. The number of pyridine rings is 1. The number of aromatic nitrogens is 2. The van der Waals surface area contributed by atoms with Crippen molar-refractivity contribution in [2.75, 3.05) is 33.3 Å². The van der Waals surface area contributed by atoms with E-state index in [0.29, 0.717) is 36.5 Å². The van der Waals surface area contributed by atoms with Gasteiger partial charge in [-0.3, -0.25) is 4.79 Å². The molecule has 4 aromatic rings. The first-order chi connectivity index (χ1) is 16.6. The summed E-state index contributed by atoms with van der Waals surface area (Å²) in [5.74, 6) is 0.187. The Hall–Kier alpha value is -3.71. The van der Waals surface area contributed by atoms with Crippen LogP contribution < -0.4 is 10.1 Å². The molecule has 174 valence electrons. The van der Waals surface area contributed by atoms with Crippen molar-refractivity contribution in [3.05, 3.63) is 89.0 Å². The lowest BCUT2D eigenvalue weighted by Gasteiger charge is -2.28. The zero-order valence-corrected chi connectivity index (χ0v) is 19.3. The van der Waals surface area contributed by atoms with E-state index in [0.717, 1.165) is 40.9 Å². The fourth-order valence-electron chi connectivity index (χ4n) is 4.66. The molecule has 0 spiro atoms. The van der Waals surface area contributed by atoms with Gasteiger partial charge in [0.25, 0.3) is 5.91 Å². The summed E-state index contributed by atoms with van der Waals surface area (Å²) in [6.45, 7) is 4.57. The van der Waals surface area contributed by atoms with Crippen molar-refractivity contribution < 1.29 is 13.9 Å². The van der Waals surface area contributed by atoms with E-state index in [-0.39, 0.29) is 11.7 Å². The van der Waals surface area contributed by atoms with Crippen LogP contribution in [0.25, 0.3) is 16.6 Å². The monoisotopic (exact) mass is 458 g/mol. The maximum absolute atomic E-state index is 14.4. The molecule has 1 fully saturated rings. The van der Waals surface area contributed by atoms with Gasteiger partial charge in [0.15, 0.2) is 0 Å². The number of hydrogen-bond donors (Lipinski definition) is 1. The van der Waals surface area contributed by atoms with Gasteiger partial charge in [0.2, 0.25) is 5.88 Å². The summed E-state index contributed by atoms with van der Waals surface area (Å²) >= 11 is 0. The number of carbonyl (C=O) groups is 1. The number of hydrogen-bond acceptors (Lipinski definition) is 4. The number of halogens is 1. The molecule has 2 aromatic carbocycles. The average Bonchev–Trinajstić information content (AvgIpc) is 3.20. The molecule has 1 amide bonds. The molecule has 1 saturated heterocycles. The zero-order valence-electron chi connectivity index (χ0n) is 19.3. The number of carbonyl (C=O) groups excluding carboxylic acids is 1. The molecule has 7 heteroatoms. The Morgan fingerprint density at radius 1 is 1.12 bits per heavy atom. The van der Waals surface area contributed by atoms with Crippen molar-refractivity contribution in [3.8, 4) is 11.6 Å². The molecule has 0 radical (unpaired) electrons. The fourth-order valence-corrected chi connectivity index (χ4v) is 4.66. The molecule has 6 nitrogen and oxygen atoms in total. The van der Waals surface area contributed by atoms with Gasteiger partial charge in [-0.1, -0.05) is 30.3 Å². The van der Waals surface area contributed by atoms with Gasteiger partial charge < -0.3 is 19.5 Å². The first kappa shape index (κ1) is 22.1. The maximum atomic E-state index is 14.4. The second-order valence-electron chi connectivity index (χ2n) is 8.48. The number of piperazine rings is 1. The van der Waals surface area contributed by atoms with E-state index < -0.39 is 0 Å². The third-order valence-electron chi connectivity index (χ3n) is 6.51. The van der Waals surface area contributed by atoms with Crippen molar-refractivity contribution in [2.24, 2.45) is 0 Å². The van der Waals surface area contributed by atoms with Gasteiger partial charge in [0.05, 0.1) is 18.2 Å². The van der Waals surface area contributed by atoms with Crippen LogP contribution in [0.4, 0.5) is 4.39 Å². The number of methoxy groups -OCH3 is 1. The number of benzene rings is 2. The lowest BCUT2D eigenvalue weighted by molar-refractivity contribution is 0.0736. The largest absolute Gasteiger partial charge is 0.481 e. The summed E-state index contributed by atoms with van der Waals surface area (Å²) in [4.78, 5) is 20.2. The number of rotatable bonds is 5. The van der Waals surface area contributed by atoms with Gasteiger partial charge in [0, 0.05) is 61.6 Å². The molecule has 5 rings (SSSR count). The van der Waals surface area contributed by atoms with Crippen LogP contribution in [0.5, 0.6) is 5.88 Å². The summed E-state index contributed by atoms with van der Waals surface area (Å²) in [5.41, 5.74) is 4.61. The van der Waals surface area contributed by atoms with Crippen molar-refractivity contribution in [3.63, 3.8) is 0 Å². The van der Waals surface area contributed by atoms with Crippen LogP contribution in [0.3, 0.4) is 0 Å². The lowest BCUT2D eigenvalue weighted by atomic mass is 10.00. The summed E-state index contributed by atoms with van der Waals surface area (Å²) < 4.78 is 21.9. The first-order valence-electron chi connectivity index (χ1n) is 11.4. The first-order valence-corrected chi connectivity index (χ1v) is 11.4. The van der Waals surface area contributed by atoms with Crippen LogP contribution in [0.2, 0.25) is 0 Å². The lowest BCUT2D eigenvalue weighted by Crippen LogP contribution is -2.46. The van der Waals surface area contributed by atoms with E-state index in [4.69, 9.17) is 4.74 Å². The van der Waals surface area contributed by atoms with Crippen LogP contribution in [-0.4, -0.2) is 53.6 Å². The molecule has 3 heterocycles. The quantitative estimate of drug-likeness (QED) is 0.489. The second-order valence-corrected chi connectivity index (χ2v) is 8.48. The summed E-state index contributed by atoms with van der Waals surface area (Å²) in [7, 11) is 1.58. The van der Waals surface area contributed by atoms with E-state index in [1.54, 1.807) is 26.3 Å². The number of ether oxygens (including phenoxy) is 1. The van der Waals surface area contributed by atoms with Gasteiger partial charge in [-0.05, 0) is 36.2 Å². The molecular weight excluding hydrogens is 431 g/mol. The summed E-state index contributed by atoms with van der Waals surface area (Å²) in [5, 5.41) is 4.06. The highest BCUT2D eigenvalue weighted by Gasteiger charge is 2.29. The number of fused-ring (bicyclic) bond motifs is 1. The molecule has 1 N–H and O–H groups in total. The Balaban J connectivity index is 1.79. The van der Waals surface area contributed by atoms with Crippen LogP contribution >= 0.6 is 0 Å². The van der Waals surface area contributed by atoms with Gasteiger partial charge in [-0.25, -0.2) is 9.37 Å². The molecule has 1 aliphatic rings. The van der Waals surface area contributed by atoms with Crippen LogP contribution in [0, 0.1) is 12.7 Å². The Morgan fingerprint density at radius 3 is 2.62 bits per heavy atom. The molecule has 2 aromatic heterocycles. The summed E-state index contributed by atoms with van der Waals surface area (Å²) in [6, 6.07) is 16.9. The van der Waals surface area contributed by atoms with Crippen molar-refractivity contribution in [2.45, 2.75) is 13.3 Å². The minimum atomic E-state index is -0.252. The molecule has 34 heavy (non-hydrogen) atoms. The predicted octanol–water partition coefficient (Wildman–Crippen LogP) is 4.12. The molecule has 0 saturated carbocycles. The third kappa shape index (κ3) is 3.92. The van der Waals surface area contributed by atoms with E-state index in [1.807, 2.05) is 47.4 Å². The van der Waals surface area contributed by atoms with Crippen LogP contribution in [-0.2, 0) is 6.42 Å². The molecule has 1 aliphatic heterocycles. The highest BCUT2D eigenvalue weighted by molar-refractivity contribution is 6.09. The van der Waals surface area contributed by atoms with Gasteiger partial charge in [0.1, 0.15) is 5.82 Å². The standard InChI is InChI=1S/C27H27FN4O2/c1-18-19(7-6-10-22(18)28)15-24-26(27(33)31-13-11-29-12-14-31)21-17-30-25(34-2)16-23(21)32(24)20-8-4-3-5-9-20/h3-10,16-17,29H,11-15H2,1-2H3. The summed E-state index contributed by atoms with van der Waals surface area (Å²) in [6.07, 6.45) is 2.12. The Bertz CT molecular complexity index is 1340. The van der Waals surface area contributed by atoms with Crippen LogP contribution in [0.1, 0.15) is 27.2 Å². The van der Waals surface area contributed by atoms with Gasteiger partial charge in [-0.15, -0.1) is 0 Å². The SMILES string of the molecule is COc1cc2c(cn1)c(C(=O)N1CCNCC1)c(Cc1cccc(F)c1C)n2-c1ccccc1. The molecule has 0 unspecified atom stereocenters.